The van der Waals surface area contributed by atoms with Crippen LogP contribution in [0, 0.1) is 0 Å². The molecule has 0 fully saturated rings. The number of carbonyl (C=O) groups excluding carboxylic acids is 1. The zero-order valence-electron chi connectivity index (χ0n) is 16.6. The van der Waals surface area contributed by atoms with Crippen LogP contribution in [0.25, 0.3) is 11.0 Å². The van der Waals surface area contributed by atoms with Crippen LogP contribution in [0.1, 0.15) is 31.0 Å². The molecule has 0 aliphatic carbocycles. The predicted octanol–water partition coefficient (Wildman–Crippen LogP) is 5.58. The molecule has 0 atom stereocenters. The first-order chi connectivity index (χ1) is 14.5. The minimum absolute atomic E-state index is 0.178. The van der Waals surface area contributed by atoms with Gasteiger partial charge in [-0.2, -0.15) is 0 Å². The largest absolute Gasteiger partial charge is 0.338 e. The van der Waals surface area contributed by atoms with Crippen LogP contribution in [0.15, 0.2) is 64.3 Å². The van der Waals surface area contributed by atoms with Crippen molar-refractivity contribution in [1.82, 2.24) is 14.7 Å². The maximum absolute atomic E-state index is 12.4. The van der Waals surface area contributed by atoms with Gasteiger partial charge in [-0.05, 0) is 29.7 Å². The molecule has 0 saturated heterocycles. The minimum atomic E-state index is -0.178. The quantitative estimate of drug-likeness (QED) is 0.380. The van der Waals surface area contributed by atoms with Gasteiger partial charge in [0, 0.05) is 11.1 Å². The van der Waals surface area contributed by atoms with E-state index in [2.05, 4.69) is 27.2 Å². The third-order valence-electron chi connectivity index (χ3n) is 4.57. The molecule has 0 aliphatic heterocycles. The van der Waals surface area contributed by atoms with E-state index in [9.17, 15) is 4.79 Å². The van der Waals surface area contributed by atoms with Gasteiger partial charge < -0.3 is 9.09 Å². The molecule has 0 spiro atoms. The minimum Gasteiger partial charge on any atom is -0.338 e. The van der Waals surface area contributed by atoms with Crippen LogP contribution in [0.3, 0.4) is 0 Å². The van der Waals surface area contributed by atoms with E-state index in [-0.39, 0.29) is 17.6 Å². The van der Waals surface area contributed by atoms with Gasteiger partial charge in [0.05, 0.1) is 29.0 Å². The second kappa shape index (κ2) is 8.93. The summed E-state index contributed by atoms with van der Waals surface area (Å²) >= 11 is 7.52. The number of amides is 1. The number of nitrogens with zero attached hydrogens (tertiary/aromatic N) is 3. The molecule has 4 rings (SSSR count). The van der Waals surface area contributed by atoms with E-state index in [0.29, 0.717) is 17.5 Å². The maximum Gasteiger partial charge on any atom is 0.237 e. The first-order valence-electron chi connectivity index (χ1n) is 9.58. The van der Waals surface area contributed by atoms with Gasteiger partial charge in [0.25, 0.3) is 0 Å². The molecule has 2 aromatic heterocycles. The van der Waals surface area contributed by atoms with Gasteiger partial charge in [-0.15, -0.1) is 0 Å². The van der Waals surface area contributed by atoms with Gasteiger partial charge in [0.15, 0.2) is 5.16 Å². The van der Waals surface area contributed by atoms with Crippen LogP contribution < -0.4 is 5.32 Å². The number of nitrogens with one attached hydrogen (secondary N) is 1. The smallest absolute Gasteiger partial charge is 0.237 e. The molecule has 1 N–H and O–H groups in total. The molecule has 1 amide bonds. The Kier molecular flexibility index (Phi) is 6.11. The molecule has 4 aromatic rings. The highest BCUT2D eigenvalue weighted by Gasteiger charge is 2.15. The van der Waals surface area contributed by atoms with Crippen molar-refractivity contribution in [3.05, 3.63) is 70.9 Å². The third kappa shape index (κ3) is 4.68. The standard InChI is InChI=1S/C22H21ClN4O2S/c1-14(2)17-11-21(29-26-17)25-20(28)13-30-22-24-18-10-16(23)8-9-19(18)27(22)12-15-6-4-3-5-7-15/h3-11,14H,12-13H2,1-2H3,(H,25,28). The van der Waals surface area contributed by atoms with E-state index in [1.165, 1.54) is 11.8 Å². The Labute approximate surface area is 183 Å². The summed E-state index contributed by atoms with van der Waals surface area (Å²) in [6, 6.07) is 17.5. The van der Waals surface area contributed by atoms with Gasteiger partial charge in [0.1, 0.15) is 0 Å². The molecule has 0 aliphatic rings. The van der Waals surface area contributed by atoms with E-state index in [4.69, 9.17) is 21.1 Å². The lowest BCUT2D eigenvalue weighted by atomic mass is 10.1. The number of imidazole rings is 1. The van der Waals surface area contributed by atoms with Crippen LogP contribution in [0.4, 0.5) is 5.88 Å². The van der Waals surface area contributed by atoms with Crippen molar-refractivity contribution in [2.24, 2.45) is 0 Å². The summed E-state index contributed by atoms with van der Waals surface area (Å²) in [5.41, 5.74) is 3.74. The first-order valence-corrected chi connectivity index (χ1v) is 10.9. The van der Waals surface area contributed by atoms with Crippen molar-refractivity contribution in [2.75, 3.05) is 11.1 Å². The Morgan fingerprint density at radius 2 is 2.00 bits per heavy atom. The van der Waals surface area contributed by atoms with Crippen LogP contribution in [0.5, 0.6) is 0 Å². The Morgan fingerprint density at radius 3 is 2.73 bits per heavy atom. The van der Waals surface area contributed by atoms with E-state index in [1.807, 2.05) is 50.2 Å². The predicted molar refractivity (Wildman–Crippen MR) is 120 cm³/mol. The zero-order valence-corrected chi connectivity index (χ0v) is 18.2. The van der Waals surface area contributed by atoms with Gasteiger partial charge in [-0.3, -0.25) is 10.1 Å². The number of fused-ring (bicyclic) bond motifs is 1. The Hall–Kier alpha value is -2.77. The molecular formula is C22H21ClN4O2S. The molecule has 0 radical (unpaired) electrons. The summed E-state index contributed by atoms with van der Waals surface area (Å²) in [5, 5.41) is 8.10. The second-order valence-corrected chi connectivity index (χ2v) is 8.59. The van der Waals surface area contributed by atoms with Crippen molar-refractivity contribution in [3.63, 3.8) is 0 Å². The zero-order chi connectivity index (χ0) is 21.1. The first kappa shape index (κ1) is 20.5. The molecular weight excluding hydrogens is 420 g/mol. The Balaban J connectivity index is 1.52. The van der Waals surface area contributed by atoms with E-state index in [1.54, 1.807) is 6.07 Å². The fourth-order valence-electron chi connectivity index (χ4n) is 3.03. The van der Waals surface area contributed by atoms with Crippen molar-refractivity contribution >= 4 is 46.2 Å². The number of hydrogen-bond donors (Lipinski definition) is 1. The summed E-state index contributed by atoms with van der Waals surface area (Å²) in [6.45, 7) is 4.69. The Morgan fingerprint density at radius 1 is 1.20 bits per heavy atom. The number of thioether (sulfide) groups is 1. The van der Waals surface area contributed by atoms with Crippen molar-refractivity contribution in [3.8, 4) is 0 Å². The van der Waals surface area contributed by atoms with Gasteiger partial charge in [0.2, 0.25) is 11.8 Å². The number of aromatic nitrogens is 3. The third-order valence-corrected chi connectivity index (χ3v) is 5.79. The van der Waals surface area contributed by atoms with Crippen LogP contribution in [0.2, 0.25) is 5.02 Å². The van der Waals surface area contributed by atoms with E-state index < -0.39 is 0 Å². The molecule has 0 saturated carbocycles. The van der Waals surface area contributed by atoms with Crippen LogP contribution in [-0.2, 0) is 11.3 Å². The molecule has 154 valence electrons. The molecule has 0 bridgehead atoms. The molecule has 30 heavy (non-hydrogen) atoms. The number of anilines is 1. The molecule has 6 nitrogen and oxygen atoms in total. The fraction of sp³-hybridized carbons (Fsp3) is 0.227. The van der Waals surface area contributed by atoms with Gasteiger partial charge in [-0.25, -0.2) is 4.98 Å². The average Bonchev–Trinajstić information content (AvgIpc) is 3.32. The molecule has 0 unspecified atom stereocenters. The number of hydrogen-bond acceptors (Lipinski definition) is 5. The maximum atomic E-state index is 12.4. The molecule has 2 heterocycles. The van der Waals surface area contributed by atoms with E-state index in [0.717, 1.165) is 27.4 Å². The van der Waals surface area contributed by atoms with Crippen LogP contribution >= 0.6 is 23.4 Å². The van der Waals surface area contributed by atoms with E-state index >= 15 is 0 Å². The van der Waals surface area contributed by atoms with Crippen molar-refractivity contribution in [2.45, 2.75) is 31.5 Å². The number of rotatable bonds is 7. The summed E-state index contributed by atoms with van der Waals surface area (Å²) in [7, 11) is 0. The highest BCUT2D eigenvalue weighted by Crippen LogP contribution is 2.27. The number of benzene rings is 2. The topological polar surface area (TPSA) is 73.0 Å². The highest BCUT2D eigenvalue weighted by molar-refractivity contribution is 7.99. The Bertz CT molecular complexity index is 1170. The summed E-state index contributed by atoms with van der Waals surface area (Å²) in [5.74, 6) is 0.610. The van der Waals surface area contributed by atoms with Gasteiger partial charge >= 0.3 is 0 Å². The van der Waals surface area contributed by atoms with Crippen molar-refractivity contribution in [1.29, 1.82) is 0 Å². The lowest BCUT2D eigenvalue weighted by Crippen LogP contribution is -2.14. The molecule has 2 aromatic carbocycles. The fourth-order valence-corrected chi connectivity index (χ4v) is 4.01. The summed E-state index contributed by atoms with van der Waals surface area (Å²) < 4.78 is 7.29. The SMILES string of the molecule is CC(C)c1cc(NC(=O)CSc2nc3cc(Cl)ccc3n2Cc2ccccc2)on1. The number of carbonyl (C=O) groups is 1. The van der Waals surface area contributed by atoms with Gasteiger partial charge in [-0.1, -0.05) is 72.7 Å². The molecule has 8 heteroatoms. The number of halogens is 1. The average molecular weight is 441 g/mol. The monoisotopic (exact) mass is 440 g/mol. The van der Waals surface area contributed by atoms with Crippen LogP contribution in [-0.4, -0.2) is 26.4 Å². The normalized spacial score (nSPS) is 11.3. The summed E-state index contributed by atoms with van der Waals surface area (Å²) in [4.78, 5) is 17.1. The lowest BCUT2D eigenvalue weighted by molar-refractivity contribution is -0.113. The second-order valence-electron chi connectivity index (χ2n) is 7.21. The van der Waals surface area contributed by atoms with Crippen molar-refractivity contribution < 1.29 is 9.32 Å². The summed E-state index contributed by atoms with van der Waals surface area (Å²) in [6.07, 6.45) is 0. The lowest BCUT2D eigenvalue weighted by Gasteiger charge is -2.09. The highest BCUT2D eigenvalue weighted by atomic mass is 35.5.